The number of aromatic nitrogens is 3. The van der Waals surface area contributed by atoms with Crippen molar-refractivity contribution in [3.63, 3.8) is 0 Å². The third-order valence-electron chi connectivity index (χ3n) is 8.90. The number of ether oxygens (including phenoxy) is 2. The average Bonchev–Trinajstić information content (AvgIpc) is 3.71. The van der Waals surface area contributed by atoms with Crippen LogP contribution in [-0.2, 0) is 27.2 Å². The van der Waals surface area contributed by atoms with Crippen molar-refractivity contribution in [2.75, 3.05) is 55.7 Å². The number of nitrogens with one attached hydrogen (secondary N) is 1. The molecule has 1 N–H and O–H groups in total. The molecule has 0 aromatic carbocycles. The highest BCUT2D eigenvalue weighted by Crippen LogP contribution is 2.37. The Kier molecular flexibility index (Phi) is 10.9. The van der Waals surface area contributed by atoms with Crippen molar-refractivity contribution < 1.29 is 27.4 Å². The molecule has 256 valence electrons. The lowest BCUT2D eigenvalue weighted by Crippen LogP contribution is -2.59. The van der Waals surface area contributed by atoms with Crippen molar-refractivity contribution in [1.82, 2.24) is 25.0 Å². The molecule has 2 aromatic rings. The Bertz CT molecular complexity index is 1510. The average molecular weight is 677 g/mol. The third kappa shape index (κ3) is 8.32. The van der Waals surface area contributed by atoms with Gasteiger partial charge in [-0.05, 0) is 37.8 Å². The van der Waals surface area contributed by atoms with E-state index in [1.165, 1.54) is 6.20 Å². The fraction of sp³-hybridized carbons (Fsp3) is 0.645. The van der Waals surface area contributed by atoms with Crippen LogP contribution in [0.5, 0.6) is 0 Å². The molecular weight excluding hydrogens is 633 g/mol. The molecule has 3 atom stereocenters. The molecule has 12 nitrogen and oxygen atoms in total. The summed E-state index contributed by atoms with van der Waals surface area (Å²) >= 11 is 0. The molecule has 3 saturated heterocycles. The Labute approximate surface area is 273 Å². The van der Waals surface area contributed by atoms with E-state index in [2.05, 4.69) is 41.1 Å². The van der Waals surface area contributed by atoms with Gasteiger partial charge in [-0.2, -0.15) is 23.5 Å². The molecule has 0 radical (unpaired) electrons. The van der Waals surface area contributed by atoms with Crippen LogP contribution in [-0.4, -0.2) is 97.9 Å². The lowest BCUT2D eigenvalue weighted by atomic mass is 10.1. The van der Waals surface area contributed by atoms with Gasteiger partial charge in [-0.15, -0.1) is 0 Å². The second-order valence-electron chi connectivity index (χ2n) is 13.5. The van der Waals surface area contributed by atoms with E-state index in [1.54, 1.807) is 22.1 Å². The zero-order valence-electron chi connectivity index (χ0n) is 27.1. The number of carbonyl (C=O) groups is 1. The van der Waals surface area contributed by atoms with Crippen LogP contribution in [0.3, 0.4) is 0 Å². The van der Waals surface area contributed by atoms with Gasteiger partial charge in [0.1, 0.15) is 30.6 Å². The molecule has 0 spiro atoms. The van der Waals surface area contributed by atoms with Crippen molar-refractivity contribution in [2.45, 2.75) is 82.6 Å². The minimum absolute atomic E-state index is 0.0986. The first-order valence-electron chi connectivity index (χ1n) is 16.1. The third-order valence-corrected chi connectivity index (χ3v) is 10.6. The van der Waals surface area contributed by atoms with Crippen LogP contribution in [0.1, 0.15) is 36.8 Å². The van der Waals surface area contributed by atoms with E-state index in [9.17, 15) is 28.0 Å². The number of amides is 1. The van der Waals surface area contributed by atoms with Crippen LogP contribution in [0.2, 0.25) is 25.7 Å². The van der Waals surface area contributed by atoms with Gasteiger partial charge in [0, 0.05) is 59.8 Å². The minimum Gasteiger partial charge on any atom is -0.367 e. The summed E-state index contributed by atoms with van der Waals surface area (Å²) in [4.78, 5) is 36.0. The first-order valence-corrected chi connectivity index (χ1v) is 19.8. The number of hydrogen-bond donors (Lipinski definition) is 1. The van der Waals surface area contributed by atoms with Gasteiger partial charge in [-0.1, -0.05) is 19.6 Å². The Morgan fingerprint density at radius 2 is 1.94 bits per heavy atom. The fourth-order valence-electron chi connectivity index (χ4n) is 6.38. The highest BCUT2D eigenvalue weighted by atomic mass is 28.3. The summed E-state index contributed by atoms with van der Waals surface area (Å²) < 4.78 is 55.5. The maximum Gasteiger partial charge on any atom is 0.423 e. The number of carbonyl (C=O) groups excluding carboxylic acids is 1. The molecule has 1 amide bonds. The number of piperazine rings is 1. The van der Waals surface area contributed by atoms with Crippen LogP contribution in [0.25, 0.3) is 0 Å². The Morgan fingerprint density at radius 3 is 2.68 bits per heavy atom. The van der Waals surface area contributed by atoms with E-state index in [1.807, 2.05) is 4.90 Å². The van der Waals surface area contributed by atoms with Crippen molar-refractivity contribution in [3.8, 4) is 6.07 Å². The van der Waals surface area contributed by atoms with Crippen LogP contribution in [0.4, 0.5) is 24.5 Å². The van der Waals surface area contributed by atoms with Gasteiger partial charge < -0.3 is 29.5 Å². The molecule has 0 saturated carbocycles. The second kappa shape index (κ2) is 14.7. The summed E-state index contributed by atoms with van der Waals surface area (Å²) in [6.45, 7) is 8.97. The van der Waals surface area contributed by atoms with Crippen molar-refractivity contribution in [1.29, 1.82) is 5.26 Å². The van der Waals surface area contributed by atoms with E-state index >= 15 is 0 Å². The zero-order valence-corrected chi connectivity index (χ0v) is 28.1. The standard InChI is InChI=1S/C31H43F3N8O4Si/c1-47(2,3)15-14-45-21-42-30(44)28(31(32,33)34)26(18-38-42)40-11-4-6-23(40)20-46-27-7-5-12-41(27)29(43)24-19-39(13-10-37-24)25-8-9-36-17-22(25)16-35/h8-9,17-18,23-24,27,37H,4-7,10-15,19-21H2,1-3H3/t23-,24?,27?/m0/s1. The van der Waals surface area contributed by atoms with Gasteiger partial charge in [0.25, 0.3) is 5.56 Å². The number of anilines is 2. The molecule has 47 heavy (non-hydrogen) atoms. The molecule has 0 bridgehead atoms. The van der Waals surface area contributed by atoms with E-state index in [4.69, 9.17) is 9.47 Å². The summed E-state index contributed by atoms with van der Waals surface area (Å²) in [5.41, 5.74) is -1.58. The maximum absolute atomic E-state index is 14.3. The van der Waals surface area contributed by atoms with Crippen LogP contribution in [0.15, 0.2) is 29.5 Å². The quantitative estimate of drug-likeness (QED) is 0.280. The molecule has 0 aliphatic carbocycles. The van der Waals surface area contributed by atoms with E-state index in [0.29, 0.717) is 64.2 Å². The van der Waals surface area contributed by atoms with Gasteiger partial charge in [0.15, 0.2) is 0 Å². The monoisotopic (exact) mass is 676 g/mol. The molecule has 3 fully saturated rings. The van der Waals surface area contributed by atoms with Crippen LogP contribution < -0.4 is 20.7 Å². The predicted molar refractivity (Wildman–Crippen MR) is 172 cm³/mol. The van der Waals surface area contributed by atoms with Gasteiger partial charge >= 0.3 is 6.18 Å². The second-order valence-corrected chi connectivity index (χ2v) is 19.1. The van der Waals surface area contributed by atoms with Crippen molar-refractivity contribution in [3.05, 3.63) is 46.1 Å². The molecule has 2 aromatic heterocycles. The number of nitrogens with zero attached hydrogens (tertiary/aromatic N) is 7. The fourth-order valence-corrected chi connectivity index (χ4v) is 7.14. The number of nitriles is 1. The van der Waals surface area contributed by atoms with E-state index in [0.717, 1.165) is 29.0 Å². The smallest absolute Gasteiger partial charge is 0.367 e. The summed E-state index contributed by atoms with van der Waals surface area (Å²) in [5.74, 6) is -0.118. The Hall–Kier alpha value is -3.52. The molecule has 5 heterocycles. The molecule has 16 heteroatoms. The maximum atomic E-state index is 14.3. The van der Waals surface area contributed by atoms with E-state index < -0.39 is 43.7 Å². The first kappa shape index (κ1) is 34.8. The van der Waals surface area contributed by atoms with Gasteiger partial charge in [-0.25, -0.2) is 4.68 Å². The SMILES string of the molecule is C[Si](C)(C)CCOCn1ncc(N2CCC[C@H]2COC2CCCN2C(=O)C2CN(c3ccncc3C#N)CCN2)c(C(F)(F)F)c1=O. The number of likely N-dealkylation sites (tertiary alicyclic amines) is 1. The topological polar surface area (TPSA) is 129 Å². The predicted octanol–water partition coefficient (Wildman–Crippen LogP) is 3.25. The highest BCUT2D eigenvalue weighted by Gasteiger charge is 2.42. The Morgan fingerprint density at radius 1 is 1.15 bits per heavy atom. The van der Waals surface area contributed by atoms with Crippen molar-refractivity contribution in [2.24, 2.45) is 0 Å². The summed E-state index contributed by atoms with van der Waals surface area (Å²) in [6, 6.07) is 3.81. The minimum atomic E-state index is -4.89. The summed E-state index contributed by atoms with van der Waals surface area (Å²) in [5, 5.41) is 16.8. The number of rotatable bonds is 11. The lowest BCUT2D eigenvalue weighted by Gasteiger charge is -2.37. The van der Waals surface area contributed by atoms with Gasteiger partial charge in [0.2, 0.25) is 5.91 Å². The molecule has 2 unspecified atom stereocenters. The lowest BCUT2D eigenvalue weighted by molar-refractivity contribution is -0.145. The summed E-state index contributed by atoms with van der Waals surface area (Å²) in [7, 11) is -1.41. The molecule has 5 rings (SSSR count). The molecule has 3 aliphatic heterocycles. The largest absolute Gasteiger partial charge is 0.423 e. The first-order chi connectivity index (χ1) is 22.4. The van der Waals surface area contributed by atoms with Crippen molar-refractivity contribution >= 4 is 25.4 Å². The van der Waals surface area contributed by atoms with E-state index in [-0.39, 0.29) is 24.9 Å². The summed E-state index contributed by atoms with van der Waals surface area (Å²) in [6.07, 6.45) is 1.39. The van der Waals surface area contributed by atoms with Gasteiger partial charge in [-0.3, -0.25) is 14.6 Å². The highest BCUT2D eigenvalue weighted by molar-refractivity contribution is 6.76. The number of hydrogen-bond acceptors (Lipinski definition) is 10. The molecular formula is C31H43F3N8O4Si. The van der Waals surface area contributed by atoms with Crippen LogP contribution >= 0.6 is 0 Å². The zero-order chi connectivity index (χ0) is 33.8. The number of alkyl halides is 3. The number of pyridine rings is 1. The Balaban J connectivity index is 1.24. The van der Waals surface area contributed by atoms with Gasteiger partial charge in [0.05, 0.1) is 35.8 Å². The number of halogens is 3. The van der Waals surface area contributed by atoms with Crippen LogP contribution in [0, 0.1) is 11.3 Å². The molecule has 3 aliphatic rings. The normalized spacial score (nSPS) is 22.1.